The SMILES string of the molecule is COC(=O)[C@H](Cc1cc(Br)c(O)c(Br)c1)NC(=O)C(F)(F)F. The van der Waals surface area contributed by atoms with E-state index in [1.54, 1.807) is 5.32 Å². The predicted molar refractivity (Wildman–Crippen MR) is 77.2 cm³/mol. The van der Waals surface area contributed by atoms with Crippen molar-refractivity contribution < 1.29 is 32.6 Å². The number of alkyl halides is 3. The van der Waals surface area contributed by atoms with Gasteiger partial charge in [0.1, 0.15) is 11.8 Å². The maximum Gasteiger partial charge on any atom is 0.471 e. The number of phenolic OH excluding ortho intramolecular Hbond substituents is 1. The molecule has 0 aliphatic carbocycles. The largest absolute Gasteiger partial charge is 0.506 e. The molecule has 1 atom stereocenters. The zero-order valence-corrected chi connectivity index (χ0v) is 14.2. The first kappa shape index (κ1) is 18.8. The number of rotatable bonds is 4. The number of hydrogen-bond donors (Lipinski definition) is 2. The summed E-state index contributed by atoms with van der Waals surface area (Å²) < 4.78 is 41.8. The number of nitrogens with one attached hydrogen (secondary N) is 1. The van der Waals surface area contributed by atoms with E-state index >= 15 is 0 Å². The number of benzene rings is 1. The van der Waals surface area contributed by atoms with Crippen LogP contribution in [0.5, 0.6) is 5.75 Å². The third-order valence-corrected chi connectivity index (χ3v) is 3.77. The summed E-state index contributed by atoms with van der Waals surface area (Å²) in [6.45, 7) is 0. The summed E-state index contributed by atoms with van der Waals surface area (Å²) in [6, 6.07) is 1.31. The van der Waals surface area contributed by atoms with Gasteiger partial charge in [0, 0.05) is 6.42 Å². The van der Waals surface area contributed by atoms with Gasteiger partial charge in [-0.05, 0) is 49.6 Å². The topological polar surface area (TPSA) is 75.6 Å². The predicted octanol–water partition coefficient (Wildman–Crippen LogP) is 2.68. The van der Waals surface area contributed by atoms with E-state index in [9.17, 15) is 27.9 Å². The molecule has 10 heteroatoms. The molecule has 0 saturated carbocycles. The van der Waals surface area contributed by atoms with E-state index in [1.165, 1.54) is 12.1 Å². The van der Waals surface area contributed by atoms with Gasteiger partial charge in [-0.15, -0.1) is 0 Å². The van der Waals surface area contributed by atoms with E-state index in [2.05, 4.69) is 36.6 Å². The van der Waals surface area contributed by atoms with Gasteiger partial charge in [-0.2, -0.15) is 13.2 Å². The zero-order valence-electron chi connectivity index (χ0n) is 11.0. The lowest BCUT2D eigenvalue weighted by Gasteiger charge is -2.18. The second-order valence-electron chi connectivity index (χ2n) is 4.16. The Kier molecular flexibility index (Phi) is 6.24. The summed E-state index contributed by atoms with van der Waals surface area (Å²) in [5.41, 5.74) is 0.398. The molecule has 1 aromatic rings. The monoisotopic (exact) mass is 447 g/mol. The molecule has 1 aromatic carbocycles. The van der Waals surface area contributed by atoms with Gasteiger partial charge < -0.3 is 15.2 Å². The molecule has 0 heterocycles. The van der Waals surface area contributed by atoms with Crippen LogP contribution in [0.15, 0.2) is 21.1 Å². The minimum absolute atomic E-state index is 0.0994. The fourth-order valence-corrected chi connectivity index (χ4v) is 2.83. The van der Waals surface area contributed by atoms with Gasteiger partial charge in [-0.3, -0.25) is 4.79 Å². The van der Waals surface area contributed by atoms with Crippen LogP contribution in [0.25, 0.3) is 0 Å². The molecule has 0 aromatic heterocycles. The second-order valence-corrected chi connectivity index (χ2v) is 5.87. The molecule has 0 aliphatic rings. The molecule has 0 unspecified atom stereocenters. The van der Waals surface area contributed by atoms with Crippen LogP contribution >= 0.6 is 31.9 Å². The number of carbonyl (C=O) groups excluding carboxylic acids is 2. The van der Waals surface area contributed by atoms with Crippen molar-refractivity contribution in [2.24, 2.45) is 0 Å². The number of ether oxygens (including phenoxy) is 1. The molecule has 1 rings (SSSR count). The number of halogens is 5. The van der Waals surface area contributed by atoms with Crippen molar-refractivity contribution in [1.29, 1.82) is 0 Å². The lowest BCUT2D eigenvalue weighted by atomic mass is 10.1. The smallest absolute Gasteiger partial charge is 0.471 e. The summed E-state index contributed by atoms with van der Waals surface area (Å²) in [7, 11) is 0.998. The molecule has 5 nitrogen and oxygen atoms in total. The van der Waals surface area contributed by atoms with Crippen LogP contribution in [0.4, 0.5) is 13.2 Å². The first-order valence-corrected chi connectivity index (χ1v) is 7.27. The standard InChI is InChI=1S/C12H10Br2F3NO4/c1-22-10(20)8(18-11(21)12(15,16)17)4-5-2-6(13)9(19)7(14)3-5/h2-3,8,19H,4H2,1H3,(H,18,21)/t8-/m0/s1. The molecule has 0 spiro atoms. The number of methoxy groups -OCH3 is 1. The molecule has 0 radical (unpaired) electrons. The summed E-state index contributed by atoms with van der Waals surface area (Å²) in [5.74, 6) is -3.35. The molecular weight excluding hydrogens is 439 g/mol. The van der Waals surface area contributed by atoms with Crippen molar-refractivity contribution in [2.75, 3.05) is 7.11 Å². The van der Waals surface area contributed by atoms with Gasteiger partial charge in [-0.25, -0.2) is 4.79 Å². The summed E-state index contributed by atoms with van der Waals surface area (Å²) in [5, 5.41) is 11.1. The average Bonchev–Trinajstić information content (AvgIpc) is 2.41. The highest BCUT2D eigenvalue weighted by atomic mass is 79.9. The van der Waals surface area contributed by atoms with E-state index < -0.39 is 24.1 Å². The fourth-order valence-electron chi connectivity index (χ4n) is 1.55. The Bertz CT molecular complexity index is 569. The van der Waals surface area contributed by atoms with Gasteiger partial charge in [0.05, 0.1) is 16.1 Å². The van der Waals surface area contributed by atoms with Gasteiger partial charge in [0.2, 0.25) is 0 Å². The number of phenols is 1. The number of esters is 1. The van der Waals surface area contributed by atoms with E-state index in [1.807, 2.05) is 0 Å². The van der Waals surface area contributed by atoms with Crippen LogP contribution < -0.4 is 5.32 Å². The number of hydrogen-bond acceptors (Lipinski definition) is 4. The van der Waals surface area contributed by atoms with Crippen LogP contribution in [-0.4, -0.2) is 36.3 Å². The van der Waals surface area contributed by atoms with E-state index in [-0.39, 0.29) is 21.1 Å². The number of carbonyl (C=O) groups is 2. The van der Waals surface area contributed by atoms with Crippen molar-refractivity contribution in [3.8, 4) is 5.75 Å². The first-order chi connectivity index (χ1) is 10.1. The molecule has 1 amide bonds. The van der Waals surface area contributed by atoms with Crippen LogP contribution in [0.2, 0.25) is 0 Å². The maximum atomic E-state index is 12.3. The summed E-state index contributed by atoms with van der Waals surface area (Å²) >= 11 is 6.12. The lowest BCUT2D eigenvalue weighted by molar-refractivity contribution is -0.175. The van der Waals surface area contributed by atoms with Gasteiger partial charge in [0.25, 0.3) is 0 Å². The molecule has 0 saturated heterocycles. The van der Waals surface area contributed by atoms with Crippen molar-refractivity contribution in [2.45, 2.75) is 18.6 Å². The quantitative estimate of drug-likeness (QED) is 0.694. The first-order valence-electron chi connectivity index (χ1n) is 5.68. The molecule has 0 aliphatic heterocycles. The Balaban J connectivity index is 3.00. The summed E-state index contributed by atoms with van der Waals surface area (Å²) in [4.78, 5) is 22.5. The Hall–Kier alpha value is -1.29. The molecular formula is C12H10Br2F3NO4. The third-order valence-electron chi connectivity index (χ3n) is 2.56. The second kappa shape index (κ2) is 7.32. The van der Waals surface area contributed by atoms with E-state index in [0.29, 0.717) is 5.56 Å². The number of amides is 1. The van der Waals surface area contributed by atoms with E-state index in [0.717, 1.165) is 7.11 Å². The van der Waals surface area contributed by atoms with Crippen molar-refractivity contribution >= 4 is 43.7 Å². The Morgan fingerprint density at radius 2 is 1.82 bits per heavy atom. The highest BCUT2D eigenvalue weighted by Gasteiger charge is 2.41. The van der Waals surface area contributed by atoms with Crippen molar-refractivity contribution in [3.63, 3.8) is 0 Å². The maximum absolute atomic E-state index is 12.3. The van der Waals surface area contributed by atoms with Crippen molar-refractivity contribution in [3.05, 3.63) is 26.6 Å². The Labute approximate surface area is 140 Å². The van der Waals surface area contributed by atoms with Crippen LogP contribution in [0.3, 0.4) is 0 Å². The van der Waals surface area contributed by atoms with E-state index in [4.69, 9.17) is 0 Å². The Morgan fingerprint density at radius 1 is 1.32 bits per heavy atom. The van der Waals surface area contributed by atoms with Crippen LogP contribution in [-0.2, 0) is 20.7 Å². The highest BCUT2D eigenvalue weighted by Crippen LogP contribution is 2.33. The fraction of sp³-hybridized carbons (Fsp3) is 0.333. The third kappa shape index (κ3) is 4.87. The minimum atomic E-state index is -5.11. The normalized spacial score (nSPS) is 12.6. The van der Waals surface area contributed by atoms with Crippen LogP contribution in [0, 0.1) is 0 Å². The molecule has 22 heavy (non-hydrogen) atoms. The van der Waals surface area contributed by atoms with Crippen molar-refractivity contribution in [1.82, 2.24) is 5.32 Å². The zero-order chi connectivity index (χ0) is 17.1. The van der Waals surface area contributed by atoms with Gasteiger partial charge in [-0.1, -0.05) is 0 Å². The van der Waals surface area contributed by atoms with Crippen LogP contribution in [0.1, 0.15) is 5.56 Å². The minimum Gasteiger partial charge on any atom is -0.506 e. The van der Waals surface area contributed by atoms with Gasteiger partial charge >= 0.3 is 18.1 Å². The molecule has 2 N–H and O–H groups in total. The average molecular weight is 449 g/mol. The highest BCUT2D eigenvalue weighted by molar-refractivity contribution is 9.11. The molecule has 0 bridgehead atoms. The Morgan fingerprint density at radius 3 is 2.23 bits per heavy atom. The summed E-state index contributed by atoms with van der Waals surface area (Å²) in [6.07, 6.45) is -5.35. The molecule has 122 valence electrons. The molecule has 0 fully saturated rings. The lowest BCUT2D eigenvalue weighted by Crippen LogP contribution is -2.48. The number of aromatic hydroxyl groups is 1. The van der Waals surface area contributed by atoms with Gasteiger partial charge in [0.15, 0.2) is 0 Å².